The molecule has 2 aromatic rings. The van der Waals surface area contributed by atoms with Crippen molar-refractivity contribution in [3.63, 3.8) is 0 Å². The van der Waals surface area contributed by atoms with Gasteiger partial charge in [0.2, 0.25) is 11.8 Å². The molecule has 15 N–H and O–H groups in total. The second-order valence-corrected chi connectivity index (χ2v) is 19.0. The number of aliphatic imine (C=N–C) groups is 1. The number of ether oxygens (including phenoxy) is 4. The highest BCUT2D eigenvalue weighted by molar-refractivity contribution is 6.21. The number of nitrogens with zero attached hydrogens (tertiary/aromatic N) is 4. The molecule has 1 aromatic heterocycles. The van der Waals surface area contributed by atoms with Crippen LogP contribution in [0, 0.1) is 17.7 Å². The van der Waals surface area contributed by atoms with Crippen molar-refractivity contribution in [1.29, 1.82) is 0 Å². The lowest BCUT2D eigenvalue weighted by Gasteiger charge is -2.36. The number of carbonyl (C=O) groups is 6. The summed E-state index contributed by atoms with van der Waals surface area (Å²) in [5, 5.41) is 67.6. The third-order valence-corrected chi connectivity index (χ3v) is 13.2. The zero-order chi connectivity index (χ0) is 55.2. The second-order valence-electron chi connectivity index (χ2n) is 19.0. The van der Waals surface area contributed by atoms with Crippen molar-refractivity contribution in [3.8, 4) is 0 Å². The highest BCUT2D eigenvalue weighted by atomic mass is 19.1. The van der Waals surface area contributed by atoms with Crippen LogP contribution in [0.1, 0.15) is 46.8 Å². The number of H-pyrrole nitrogens is 1. The molecule has 0 saturated carbocycles. The number of aliphatic hydroxyl groups excluding tert-OH is 4. The first-order valence-corrected chi connectivity index (χ1v) is 24.1. The molecule has 0 spiro atoms. The van der Waals surface area contributed by atoms with Crippen molar-refractivity contribution in [2.45, 2.75) is 132 Å². The Morgan fingerprint density at radius 3 is 2.23 bits per heavy atom. The first-order chi connectivity index (χ1) is 35.5. The lowest BCUT2D eigenvalue weighted by molar-refractivity contribution is -0.232. The highest BCUT2D eigenvalue weighted by Crippen LogP contribution is 2.38. The summed E-state index contributed by atoms with van der Waals surface area (Å²) < 4.78 is 38.8. The number of guanidine groups is 1. The highest BCUT2D eigenvalue weighted by Gasteiger charge is 2.59. The number of aromatic amines is 1. The number of anilines is 1. The van der Waals surface area contributed by atoms with Crippen LogP contribution in [-0.4, -0.2) is 200 Å². The normalized spacial score (nSPS) is 27.8. The molecule has 0 aliphatic carbocycles. The number of hydrogen-bond acceptors (Lipinski definition) is 20. The first kappa shape index (κ1) is 57.6. The molecule has 1 aromatic carbocycles. The fourth-order valence-corrected chi connectivity index (χ4v) is 9.12. The van der Waals surface area contributed by atoms with Gasteiger partial charge < -0.3 is 87.4 Å². The van der Waals surface area contributed by atoms with Crippen molar-refractivity contribution in [2.24, 2.45) is 28.3 Å². The number of nitrogens with two attached hydrogens (primary N) is 2. The smallest absolute Gasteiger partial charge is 0.332 e. The molecule has 414 valence electrons. The van der Waals surface area contributed by atoms with Crippen molar-refractivity contribution in [1.82, 2.24) is 41.0 Å². The number of halogens is 1. The monoisotopic (exact) mass is 1060 g/mol. The molecule has 4 aliphatic heterocycles. The number of carboxylic acids is 1. The fourth-order valence-electron chi connectivity index (χ4n) is 9.12. The van der Waals surface area contributed by atoms with Gasteiger partial charge in [-0.1, -0.05) is 27.7 Å². The Bertz CT molecular complexity index is 2530. The minimum absolute atomic E-state index is 0.0612. The third kappa shape index (κ3) is 12.9. The average Bonchev–Trinajstić information content (AvgIpc) is 3.92. The van der Waals surface area contributed by atoms with E-state index < -0.39 is 163 Å². The van der Waals surface area contributed by atoms with Crippen molar-refractivity contribution in [3.05, 3.63) is 63.2 Å². The van der Waals surface area contributed by atoms with E-state index in [1.807, 2.05) is 4.98 Å². The summed E-state index contributed by atoms with van der Waals surface area (Å²) in [6.07, 6.45) is -15.4. The van der Waals surface area contributed by atoms with Gasteiger partial charge in [0.05, 0.1) is 17.8 Å². The van der Waals surface area contributed by atoms with E-state index in [0.29, 0.717) is 4.90 Å². The van der Waals surface area contributed by atoms with E-state index in [9.17, 15) is 68.3 Å². The SMILES string of the molecule is CO[C@H]1[C@H](OC(C2C(=O)N(c3ccc(F)cc3)C(=O)N2CCCNC(=O)[C@@H](NC(=O)[C@@H](NC(=O)N[C@H](C(=O)O)C(C)C)[C@@H]2CCN=C(N)N2)[C@@H](O)C(C)C)[C@H]2O[C@@H](n3ccc(=O)[nH]c3=O)[C@H](O)[C@@H]2O)O[C@H](CN)[C@H]1O. The number of amides is 7. The second kappa shape index (κ2) is 24.8. The molecule has 3 saturated heterocycles. The van der Waals surface area contributed by atoms with Crippen LogP contribution in [-0.2, 0) is 38.1 Å². The summed E-state index contributed by atoms with van der Waals surface area (Å²) in [5.74, 6) is -6.29. The van der Waals surface area contributed by atoms with E-state index in [-0.39, 0.29) is 44.1 Å². The zero-order valence-corrected chi connectivity index (χ0v) is 41.5. The maximum absolute atomic E-state index is 14.8. The lowest BCUT2D eigenvalue weighted by atomic mass is 9.97. The number of carbonyl (C=O) groups excluding carboxylic acids is 5. The molecular weight excluding hydrogens is 1000 g/mol. The summed E-state index contributed by atoms with van der Waals surface area (Å²) in [5.41, 5.74) is 9.76. The van der Waals surface area contributed by atoms with Crippen LogP contribution in [0.4, 0.5) is 19.7 Å². The Morgan fingerprint density at radius 1 is 0.933 bits per heavy atom. The number of carboxylic acid groups (broad SMARTS) is 1. The summed E-state index contributed by atoms with van der Waals surface area (Å²) in [4.78, 5) is 115. The Labute approximate surface area is 427 Å². The van der Waals surface area contributed by atoms with Gasteiger partial charge in [0.1, 0.15) is 72.7 Å². The van der Waals surface area contributed by atoms with Crippen molar-refractivity contribution >= 4 is 47.4 Å². The number of aliphatic hydroxyl groups is 4. The first-order valence-electron chi connectivity index (χ1n) is 24.1. The van der Waals surface area contributed by atoms with E-state index in [2.05, 4.69) is 31.6 Å². The van der Waals surface area contributed by atoms with Gasteiger partial charge in [0.15, 0.2) is 18.5 Å². The van der Waals surface area contributed by atoms with Gasteiger partial charge in [-0.3, -0.25) is 33.7 Å². The summed E-state index contributed by atoms with van der Waals surface area (Å²) in [7, 11) is 1.21. The lowest BCUT2D eigenvalue weighted by Crippen LogP contribution is -2.66. The molecule has 30 heteroatoms. The predicted molar refractivity (Wildman–Crippen MR) is 257 cm³/mol. The summed E-state index contributed by atoms with van der Waals surface area (Å²) in [6.45, 7) is 5.38. The van der Waals surface area contributed by atoms with Crippen LogP contribution < -0.4 is 54.2 Å². The van der Waals surface area contributed by atoms with Crippen LogP contribution in [0.15, 0.2) is 51.1 Å². The van der Waals surface area contributed by atoms with Crippen LogP contribution in [0.25, 0.3) is 0 Å². The van der Waals surface area contributed by atoms with Gasteiger partial charge in [-0.2, -0.15) is 0 Å². The number of imide groups is 1. The fraction of sp³-hybridized carbons (Fsp3) is 0.622. The quantitative estimate of drug-likeness (QED) is 0.0388. The van der Waals surface area contributed by atoms with Gasteiger partial charge in [-0.25, -0.2) is 28.5 Å². The molecule has 29 nitrogen and oxygen atoms in total. The predicted octanol–water partition coefficient (Wildman–Crippen LogP) is -4.96. The molecule has 0 radical (unpaired) electrons. The molecule has 7 amide bonds. The van der Waals surface area contributed by atoms with E-state index in [4.69, 9.17) is 30.4 Å². The molecule has 5 heterocycles. The minimum atomic E-state index is -2.01. The third-order valence-electron chi connectivity index (χ3n) is 13.2. The summed E-state index contributed by atoms with van der Waals surface area (Å²) >= 11 is 0. The maximum Gasteiger partial charge on any atom is 0.332 e. The van der Waals surface area contributed by atoms with E-state index in [1.165, 1.54) is 7.11 Å². The number of aliphatic carboxylic acids is 1. The zero-order valence-electron chi connectivity index (χ0n) is 41.5. The Morgan fingerprint density at radius 2 is 1.63 bits per heavy atom. The molecule has 6 rings (SSSR count). The van der Waals surface area contributed by atoms with Crippen LogP contribution in [0.3, 0.4) is 0 Å². The number of nitrogens with one attached hydrogen (secondary N) is 6. The number of methoxy groups -OCH3 is 1. The van der Waals surface area contributed by atoms with Crippen molar-refractivity contribution in [2.75, 3.05) is 38.2 Å². The Hall–Kier alpha value is -6.64. The number of hydrogen-bond donors (Lipinski definition) is 13. The summed E-state index contributed by atoms with van der Waals surface area (Å²) in [6, 6.07) is -4.19. The van der Waals surface area contributed by atoms with Crippen LogP contribution in [0.2, 0.25) is 0 Å². The van der Waals surface area contributed by atoms with Gasteiger partial charge in [0, 0.05) is 45.6 Å². The number of benzene rings is 1. The molecule has 0 bridgehead atoms. The van der Waals surface area contributed by atoms with Gasteiger partial charge >= 0.3 is 23.7 Å². The van der Waals surface area contributed by atoms with Crippen LogP contribution >= 0.6 is 0 Å². The number of urea groups is 2. The van der Waals surface area contributed by atoms with Gasteiger partial charge in [0.25, 0.3) is 11.5 Å². The van der Waals surface area contributed by atoms with E-state index >= 15 is 0 Å². The van der Waals surface area contributed by atoms with E-state index in [1.54, 1.807) is 27.7 Å². The molecule has 2 unspecified atom stereocenters. The molecule has 15 atom stereocenters. The van der Waals surface area contributed by atoms with Crippen molar-refractivity contribution < 1.29 is 77.6 Å². The standard InChI is InChI=1S/C45H65FN12O17/c1-18(2)25(40(67)68)54-43(69)55-26(22-11-14-50-42(48)51-22)37(65)53-27(29(60)19(3)4)36(64)49-13-6-15-56-28(38(66)58(45(56)71)21-9-7-20(46)8-10-21)33(75-41-35(72-5)30(61)23(17-47)73-41)34-31(62)32(63)39(74-34)57-16-12-24(59)52-44(57)70/h7-10,12,16,18-19,22-23,25-35,39,41,60-63H,6,11,13-15,17,47H2,1-5H3,(H,49,64)(H,53,65)(H,67,68)(H3,48,50,51)(H,52,59,70)(H2,54,55,69)/t22-,23+,25-,26-,27-,28?,29-,30+,31-,32+,33?,34-,35+,39+,41-/m0/s1. The number of rotatable bonds is 22. The van der Waals surface area contributed by atoms with Crippen LogP contribution in [0.5, 0.6) is 0 Å². The largest absolute Gasteiger partial charge is 0.480 e. The molecule has 4 aliphatic rings. The van der Waals surface area contributed by atoms with Gasteiger partial charge in [-0.05, 0) is 48.9 Å². The molecule has 75 heavy (non-hydrogen) atoms. The van der Waals surface area contributed by atoms with E-state index in [0.717, 1.165) is 46.0 Å². The average molecular weight is 1070 g/mol. The topological polar surface area (TPSA) is 426 Å². The number of aromatic nitrogens is 2. The molecule has 3 fully saturated rings. The molecular formula is C45H65FN12O17. The van der Waals surface area contributed by atoms with Gasteiger partial charge in [-0.15, -0.1) is 0 Å². The Kier molecular flexibility index (Phi) is 19.1. The minimum Gasteiger partial charge on any atom is -0.480 e. The maximum atomic E-state index is 14.8. The Balaban J connectivity index is 1.28.